The van der Waals surface area contributed by atoms with Crippen LogP contribution >= 0.6 is 15.9 Å². The Hall–Kier alpha value is -0.390. The van der Waals surface area contributed by atoms with E-state index in [2.05, 4.69) is 45.0 Å². The van der Waals surface area contributed by atoms with Crippen LogP contribution in [0.1, 0.15) is 31.4 Å². The molecule has 1 aromatic rings. The summed E-state index contributed by atoms with van der Waals surface area (Å²) in [6.45, 7) is 3.86. The van der Waals surface area contributed by atoms with Gasteiger partial charge in [-0.2, -0.15) is 5.10 Å². The Morgan fingerprint density at radius 1 is 1.56 bits per heavy atom. The molecule has 1 fully saturated rings. The average molecular weight is 316 g/mol. The van der Waals surface area contributed by atoms with Gasteiger partial charge in [0.25, 0.3) is 0 Å². The molecule has 2 rings (SSSR count). The lowest BCUT2D eigenvalue weighted by molar-refractivity contribution is 0.181. The maximum atomic E-state index is 5.15. The molecule has 3 atom stereocenters. The molecule has 1 saturated carbocycles. The molecule has 1 N–H and O–H groups in total. The zero-order valence-corrected chi connectivity index (χ0v) is 12.9. The first kappa shape index (κ1) is 14.0. The van der Waals surface area contributed by atoms with Crippen LogP contribution in [-0.4, -0.2) is 36.6 Å². The minimum atomic E-state index is 0.580. The first-order valence-corrected chi connectivity index (χ1v) is 7.35. The van der Waals surface area contributed by atoms with Gasteiger partial charge in [0.15, 0.2) is 0 Å². The van der Waals surface area contributed by atoms with E-state index in [1.54, 1.807) is 7.11 Å². The molecule has 18 heavy (non-hydrogen) atoms. The van der Waals surface area contributed by atoms with Crippen molar-refractivity contribution in [2.24, 2.45) is 5.92 Å². The van der Waals surface area contributed by atoms with Crippen molar-refractivity contribution in [2.45, 2.75) is 38.3 Å². The van der Waals surface area contributed by atoms with Gasteiger partial charge >= 0.3 is 0 Å². The molecule has 1 aromatic heterocycles. The van der Waals surface area contributed by atoms with Crippen molar-refractivity contribution in [3.05, 3.63) is 16.4 Å². The molecule has 0 amide bonds. The Kier molecular flexibility index (Phi) is 4.81. The number of nitrogens with zero attached hydrogens (tertiary/aromatic N) is 2. The van der Waals surface area contributed by atoms with Crippen LogP contribution in [0, 0.1) is 5.92 Å². The molecule has 0 aliphatic heterocycles. The van der Waals surface area contributed by atoms with Crippen LogP contribution in [0.4, 0.5) is 0 Å². The van der Waals surface area contributed by atoms with Gasteiger partial charge in [-0.1, -0.05) is 6.92 Å². The predicted octanol–water partition coefficient (Wildman–Crippen LogP) is 2.39. The van der Waals surface area contributed by atoms with Crippen molar-refractivity contribution in [3.8, 4) is 0 Å². The van der Waals surface area contributed by atoms with Gasteiger partial charge in [-0.25, -0.2) is 0 Å². The van der Waals surface area contributed by atoms with Crippen LogP contribution < -0.4 is 5.32 Å². The molecular formula is C13H22BrN3O. The van der Waals surface area contributed by atoms with E-state index in [4.69, 9.17) is 4.74 Å². The summed E-state index contributed by atoms with van der Waals surface area (Å²) in [7, 11) is 3.79. The van der Waals surface area contributed by atoms with Crippen molar-refractivity contribution in [3.63, 3.8) is 0 Å². The van der Waals surface area contributed by atoms with E-state index in [0.717, 1.165) is 11.0 Å². The Bertz CT molecular complexity index is 394. The minimum absolute atomic E-state index is 0.580. The van der Waals surface area contributed by atoms with E-state index in [1.807, 2.05) is 6.20 Å². The summed E-state index contributed by atoms with van der Waals surface area (Å²) in [5.41, 5.74) is 1.33. The highest BCUT2D eigenvalue weighted by molar-refractivity contribution is 9.10. The van der Waals surface area contributed by atoms with Gasteiger partial charge < -0.3 is 10.1 Å². The monoisotopic (exact) mass is 315 g/mol. The number of hydrogen-bond donors (Lipinski definition) is 1. The van der Waals surface area contributed by atoms with Gasteiger partial charge in [0, 0.05) is 19.1 Å². The molecule has 1 aliphatic carbocycles. The molecule has 3 unspecified atom stereocenters. The van der Waals surface area contributed by atoms with Crippen LogP contribution in [-0.2, 0) is 11.3 Å². The second kappa shape index (κ2) is 6.17. The van der Waals surface area contributed by atoms with Gasteiger partial charge in [0.1, 0.15) is 0 Å². The van der Waals surface area contributed by atoms with E-state index in [-0.39, 0.29) is 0 Å². The Morgan fingerprint density at radius 3 is 2.94 bits per heavy atom. The van der Waals surface area contributed by atoms with Crippen LogP contribution in [0.5, 0.6) is 0 Å². The predicted molar refractivity (Wildman–Crippen MR) is 75.8 cm³/mol. The van der Waals surface area contributed by atoms with Gasteiger partial charge in [-0.15, -0.1) is 0 Å². The van der Waals surface area contributed by atoms with E-state index >= 15 is 0 Å². The number of nitrogens with one attached hydrogen (secondary N) is 1. The third-order valence-electron chi connectivity index (χ3n) is 4.12. The normalized spacial score (nSPS) is 27.9. The molecule has 1 aliphatic rings. The first-order valence-electron chi connectivity index (χ1n) is 6.56. The van der Waals surface area contributed by atoms with Crippen LogP contribution in [0.25, 0.3) is 0 Å². The zero-order valence-electron chi connectivity index (χ0n) is 11.3. The smallest absolute Gasteiger partial charge is 0.0658 e. The quantitative estimate of drug-likeness (QED) is 0.907. The van der Waals surface area contributed by atoms with Crippen molar-refractivity contribution in [1.82, 2.24) is 15.1 Å². The summed E-state index contributed by atoms with van der Waals surface area (Å²) in [6, 6.07) is 0.618. The van der Waals surface area contributed by atoms with Crippen molar-refractivity contribution in [2.75, 3.05) is 20.8 Å². The fourth-order valence-corrected chi connectivity index (χ4v) is 3.65. The fourth-order valence-electron chi connectivity index (χ4n) is 3.05. The van der Waals surface area contributed by atoms with Crippen molar-refractivity contribution >= 4 is 15.9 Å². The minimum Gasteiger partial charge on any atom is -0.383 e. The molecule has 0 saturated heterocycles. The third kappa shape index (κ3) is 2.63. The molecule has 102 valence electrons. The molecule has 4 nitrogen and oxygen atoms in total. The van der Waals surface area contributed by atoms with Gasteiger partial charge in [-0.05, 0) is 41.7 Å². The molecule has 0 aromatic carbocycles. The summed E-state index contributed by atoms with van der Waals surface area (Å²) in [6.07, 6.45) is 4.37. The van der Waals surface area contributed by atoms with E-state index in [1.165, 1.54) is 18.5 Å². The largest absolute Gasteiger partial charge is 0.383 e. The van der Waals surface area contributed by atoms with Crippen molar-refractivity contribution < 1.29 is 4.74 Å². The van der Waals surface area contributed by atoms with Crippen molar-refractivity contribution in [1.29, 1.82) is 0 Å². The molecule has 0 bridgehead atoms. The van der Waals surface area contributed by atoms with E-state index < -0.39 is 0 Å². The summed E-state index contributed by atoms with van der Waals surface area (Å²) in [5, 5.41) is 7.87. The highest BCUT2D eigenvalue weighted by Crippen LogP contribution is 2.41. The summed E-state index contributed by atoms with van der Waals surface area (Å²) in [5.74, 6) is 1.22. The second-order valence-electron chi connectivity index (χ2n) is 5.03. The topological polar surface area (TPSA) is 39.1 Å². The summed E-state index contributed by atoms with van der Waals surface area (Å²) in [4.78, 5) is 0. The molecule has 0 spiro atoms. The Balaban J connectivity index is 2.19. The molecule has 1 heterocycles. The lowest BCUT2D eigenvalue weighted by atomic mass is 9.92. The molecule has 0 radical (unpaired) electrons. The number of methoxy groups -OCH3 is 1. The first-order chi connectivity index (χ1) is 8.69. The number of aromatic nitrogens is 2. The Labute approximate surface area is 117 Å². The number of rotatable bonds is 5. The van der Waals surface area contributed by atoms with E-state index in [0.29, 0.717) is 24.5 Å². The second-order valence-corrected chi connectivity index (χ2v) is 5.89. The Morgan fingerprint density at radius 2 is 2.33 bits per heavy atom. The lowest BCUT2D eigenvalue weighted by Crippen LogP contribution is -2.29. The van der Waals surface area contributed by atoms with Gasteiger partial charge in [0.2, 0.25) is 0 Å². The third-order valence-corrected chi connectivity index (χ3v) is 4.73. The van der Waals surface area contributed by atoms with E-state index in [9.17, 15) is 0 Å². The number of hydrogen-bond acceptors (Lipinski definition) is 3. The number of halogens is 1. The molecular weight excluding hydrogens is 294 g/mol. The zero-order chi connectivity index (χ0) is 13.1. The van der Waals surface area contributed by atoms with Gasteiger partial charge in [-0.3, -0.25) is 4.68 Å². The maximum Gasteiger partial charge on any atom is 0.0658 e. The summed E-state index contributed by atoms with van der Waals surface area (Å²) >= 11 is 3.64. The lowest BCUT2D eigenvalue weighted by Gasteiger charge is -2.22. The standard InChI is InChI=1S/C13H22BrN3O/c1-9-10(4-5-12(9)15-2)13-11(14)8-16-17(13)6-7-18-3/h8-10,12,15H,4-7H2,1-3H3. The van der Waals surface area contributed by atoms with Gasteiger partial charge in [0.05, 0.1) is 29.5 Å². The highest BCUT2D eigenvalue weighted by Gasteiger charge is 2.35. The van der Waals surface area contributed by atoms with Crippen LogP contribution in [0.3, 0.4) is 0 Å². The fraction of sp³-hybridized carbons (Fsp3) is 0.769. The SMILES string of the molecule is CNC1CCC(c2c(Br)cnn2CCOC)C1C. The average Bonchev–Trinajstić information content (AvgIpc) is 2.90. The van der Waals surface area contributed by atoms with Crippen LogP contribution in [0.15, 0.2) is 10.7 Å². The van der Waals surface area contributed by atoms with Crippen LogP contribution in [0.2, 0.25) is 0 Å². The summed E-state index contributed by atoms with van der Waals surface area (Å²) < 4.78 is 8.38. The maximum absolute atomic E-state index is 5.15. The number of ether oxygens (including phenoxy) is 1. The highest BCUT2D eigenvalue weighted by atomic mass is 79.9. The molecule has 5 heteroatoms.